The van der Waals surface area contributed by atoms with Gasteiger partial charge in [-0.2, -0.15) is 0 Å². The zero-order valence-electron chi connectivity index (χ0n) is 3.86. The van der Waals surface area contributed by atoms with Gasteiger partial charge in [-0.25, -0.2) is 0 Å². The summed E-state index contributed by atoms with van der Waals surface area (Å²) in [5.41, 5.74) is 0.787. The molecule has 0 aromatic rings. The van der Waals surface area contributed by atoms with Gasteiger partial charge < -0.3 is 0 Å². The van der Waals surface area contributed by atoms with Crippen LogP contribution in [-0.4, -0.2) is 10.2 Å². The summed E-state index contributed by atoms with van der Waals surface area (Å²) in [4.78, 5) is 0. The molecule has 0 heterocycles. The van der Waals surface area contributed by atoms with Crippen LogP contribution in [0, 0.1) is 0 Å². The zero-order chi connectivity index (χ0) is 4.28. The van der Waals surface area contributed by atoms with Crippen molar-refractivity contribution in [2.24, 2.45) is 0 Å². The van der Waals surface area contributed by atoms with Crippen LogP contribution in [0.25, 0.3) is 0 Å². The molecule has 0 rings (SSSR count). The highest BCUT2D eigenvalue weighted by molar-refractivity contribution is 6.12. The Balaban J connectivity index is 2.83. The molecule has 1 atom stereocenters. The number of hydrogen-bond donors (Lipinski definition) is 0. The number of rotatable bonds is 1. The Morgan fingerprint density at radius 2 is 2.20 bits per heavy atom. The van der Waals surface area contributed by atoms with Gasteiger partial charge in [0.25, 0.3) is 0 Å². The normalized spacial score (nSPS) is 14.6. The van der Waals surface area contributed by atoms with Crippen LogP contribution in [-0.2, 0) is 0 Å². The molecule has 0 N–H and O–H groups in total. The van der Waals surface area contributed by atoms with Crippen molar-refractivity contribution in [2.75, 3.05) is 0 Å². The minimum absolute atomic E-state index is 0.787. The summed E-state index contributed by atoms with van der Waals surface area (Å²) in [7, 11) is 1.25. The van der Waals surface area contributed by atoms with Crippen molar-refractivity contribution in [2.45, 2.75) is 12.5 Å². The van der Waals surface area contributed by atoms with Crippen molar-refractivity contribution in [3.63, 3.8) is 0 Å². The van der Waals surface area contributed by atoms with E-state index in [9.17, 15) is 0 Å². The largest absolute Gasteiger partial charge is 0.103 e. The zero-order valence-corrected chi connectivity index (χ0v) is 5.86. The molecule has 0 aliphatic carbocycles. The first-order valence-corrected chi connectivity index (χ1v) is 3.05. The number of allylic oxidation sites excluding steroid dienone is 1. The van der Waals surface area contributed by atoms with E-state index in [0.717, 1.165) is 5.54 Å². The first-order valence-electron chi connectivity index (χ1n) is 1.90. The van der Waals surface area contributed by atoms with Crippen molar-refractivity contribution in [3.8, 4) is 0 Å². The Morgan fingerprint density at radius 1 is 2.00 bits per heavy atom. The lowest BCUT2D eigenvalue weighted by Gasteiger charge is -1.83. The minimum atomic E-state index is 0.787. The molecule has 0 aliphatic rings. The maximum Gasteiger partial charge on any atom is 0.0111 e. The summed E-state index contributed by atoms with van der Waals surface area (Å²) < 4.78 is 0. The van der Waals surface area contributed by atoms with Gasteiger partial charge in [0.2, 0.25) is 0 Å². The van der Waals surface area contributed by atoms with E-state index in [1.54, 1.807) is 0 Å². The van der Waals surface area contributed by atoms with E-state index in [4.69, 9.17) is 0 Å². The van der Waals surface area contributed by atoms with Gasteiger partial charge in [0.1, 0.15) is 0 Å². The van der Waals surface area contributed by atoms with Crippen LogP contribution in [0.15, 0.2) is 12.7 Å². The van der Waals surface area contributed by atoms with E-state index in [1.165, 1.54) is 10.2 Å². The van der Waals surface area contributed by atoms with Crippen LogP contribution in [0.2, 0.25) is 5.54 Å². The molecule has 0 aromatic carbocycles. The van der Waals surface area contributed by atoms with Crippen molar-refractivity contribution < 1.29 is 0 Å². The molecule has 0 amide bonds. The second kappa shape index (κ2) is 2.21. The van der Waals surface area contributed by atoms with Crippen LogP contribution < -0.4 is 0 Å². The predicted molar refractivity (Wildman–Crippen MR) is 29.6 cm³/mol. The van der Waals surface area contributed by atoms with Gasteiger partial charge in [-0.05, 0) is 5.54 Å². The lowest BCUT2D eigenvalue weighted by Crippen LogP contribution is -1.71. The highest BCUT2D eigenvalue weighted by Gasteiger charge is 1.74. The first kappa shape index (κ1) is 4.96. The molecule has 1 unspecified atom stereocenters. The molecule has 0 radical (unpaired) electrons. The Bertz CT molecular complexity index is 30.6. The average molecular weight is 86.2 g/mol. The summed E-state index contributed by atoms with van der Waals surface area (Å²) in [6.07, 6.45) is 1.98. The molecule has 0 aliphatic heterocycles. The van der Waals surface area contributed by atoms with Gasteiger partial charge >= 0.3 is 0 Å². The minimum Gasteiger partial charge on any atom is -0.103 e. The lowest BCUT2D eigenvalue weighted by molar-refractivity contribution is 1.22. The fourth-order valence-electron chi connectivity index (χ4n) is 0. The molecule has 5 heavy (non-hydrogen) atoms. The van der Waals surface area contributed by atoms with Crippen LogP contribution in [0.5, 0.6) is 0 Å². The second-order valence-corrected chi connectivity index (χ2v) is 3.30. The van der Waals surface area contributed by atoms with E-state index in [1.807, 2.05) is 6.08 Å². The fraction of sp³-hybridized carbons (Fsp3) is 0.500. The van der Waals surface area contributed by atoms with E-state index < -0.39 is 0 Å². The van der Waals surface area contributed by atoms with Crippen molar-refractivity contribution in [1.82, 2.24) is 0 Å². The maximum atomic E-state index is 3.59. The van der Waals surface area contributed by atoms with E-state index >= 15 is 0 Å². The molecule has 0 saturated carbocycles. The summed E-state index contributed by atoms with van der Waals surface area (Å²) in [5, 5.41) is 0. The van der Waals surface area contributed by atoms with Crippen molar-refractivity contribution in [1.29, 1.82) is 0 Å². The van der Waals surface area contributed by atoms with E-state index in [0.29, 0.717) is 0 Å². The molecule has 30 valence electrons. The fourth-order valence-corrected chi connectivity index (χ4v) is 0. The molecular formula is C4H10Si. The van der Waals surface area contributed by atoms with Crippen molar-refractivity contribution in [3.05, 3.63) is 12.7 Å². The van der Waals surface area contributed by atoms with Crippen LogP contribution in [0.4, 0.5) is 0 Å². The second-order valence-electron chi connectivity index (χ2n) is 1.48. The monoisotopic (exact) mass is 86.1 g/mol. The van der Waals surface area contributed by atoms with Gasteiger partial charge in [-0.3, -0.25) is 0 Å². The van der Waals surface area contributed by atoms with Crippen LogP contribution in [0.1, 0.15) is 6.92 Å². The molecule has 0 aromatic heterocycles. The van der Waals surface area contributed by atoms with Gasteiger partial charge in [0.15, 0.2) is 0 Å². The molecular weight excluding hydrogens is 76.1 g/mol. The summed E-state index contributed by atoms with van der Waals surface area (Å²) >= 11 is 0. The number of hydrogen-bond acceptors (Lipinski definition) is 0. The van der Waals surface area contributed by atoms with Crippen molar-refractivity contribution >= 4 is 10.2 Å². The van der Waals surface area contributed by atoms with Gasteiger partial charge in [0, 0.05) is 10.2 Å². The topological polar surface area (TPSA) is 0 Å². The summed E-state index contributed by atoms with van der Waals surface area (Å²) in [6.45, 7) is 5.76. The predicted octanol–water partition coefficient (Wildman–Crippen LogP) is 0.346. The van der Waals surface area contributed by atoms with Crippen LogP contribution >= 0.6 is 0 Å². The molecule has 0 bridgehead atoms. The quantitative estimate of drug-likeness (QED) is 0.319. The summed E-state index contributed by atoms with van der Waals surface area (Å²) in [6, 6.07) is 0. The van der Waals surface area contributed by atoms with Gasteiger partial charge in [-0.1, -0.05) is 13.0 Å². The third-order valence-corrected chi connectivity index (χ3v) is 0.943. The van der Waals surface area contributed by atoms with E-state index in [2.05, 4.69) is 13.5 Å². The molecule has 0 saturated heterocycles. The van der Waals surface area contributed by atoms with Gasteiger partial charge in [-0.15, -0.1) is 6.58 Å². The first-order chi connectivity index (χ1) is 2.27. The SMILES string of the molecule is C=CC(C)[SiH3]. The Hall–Kier alpha value is -0.0431. The Morgan fingerprint density at radius 3 is 2.20 bits per heavy atom. The average Bonchev–Trinajstić information content (AvgIpc) is 1.38. The Kier molecular flexibility index (Phi) is 2.19. The highest BCUT2D eigenvalue weighted by Crippen LogP contribution is 1.91. The smallest absolute Gasteiger partial charge is 0.0111 e. The maximum absolute atomic E-state index is 3.59. The molecule has 1 heteroatoms. The molecule has 0 nitrogen and oxygen atoms in total. The highest BCUT2D eigenvalue weighted by atomic mass is 28.1. The third-order valence-electron chi connectivity index (χ3n) is 0.471. The standard InChI is InChI=1S/C4H10Si/c1-3-4(2)5/h3-4H,1H2,2,5H3. The molecule has 0 spiro atoms. The van der Waals surface area contributed by atoms with Crippen LogP contribution in [0.3, 0.4) is 0 Å². The van der Waals surface area contributed by atoms with E-state index in [-0.39, 0.29) is 0 Å². The van der Waals surface area contributed by atoms with Gasteiger partial charge in [0.05, 0.1) is 0 Å². The lowest BCUT2D eigenvalue weighted by atomic mass is 10.5. The molecule has 0 fully saturated rings. The Labute approximate surface area is 36.3 Å². The third kappa shape index (κ3) is 3.96. The summed E-state index contributed by atoms with van der Waals surface area (Å²) in [5.74, 6) is 0.